The van der Waals surface area contributed by atoms with Crippen molar-refractivity contribution in [2.75, 3.05) is 30.3 Å². The summed E-state index contributed by atoms with van der Waals surface area (Å²) in [6, 6.07) is 24.6. The maximum Gasteiger partial charge on any atom is 0.253 e. The van der Waals surface area contributed by atoms with Crippen molar-refractivity contribution in [3.63, 3.8) is 0 Å². The number of nitrogens with zero attached hydrogens (tertiary/aromatic N) is 1. The number of rotatable bonds is 8. The van der Waals surface area contributed by atoms with Gasteiger partial charge in [0.05, 0.1) is 6.54 Å². The summed E-state index contributed by atoms with van der Waals surface area (Å²) in [5.41, 5.74) is 3.29. The Morgan fingerprint density at radius 1 is 0.765 bits per heavy atom. The van der Waals surface area contributed by atoms with Crippen LogP contribution in [0.15, 0.2) is 78.9 Å². The highest BCUT2D eigenvalue weighted by atomic mass is 16.5. The Hall–Kier alpha value is -3.80. The van der Waals surface area contributed by atoms with Crippen molar-refractivity contribution in [3.05, 3.63) is 90.0 Å². The van der Waals surface area contributed by atoms with Gasteiger partial charge in [0.25, 0.3) is 5.91 Å². The maximum absolute atomic E-state index is 12.7. The molecule has 0 spiro atoms. The maximum atomic E-state index is 12.7. The Kier molecular flexibility index (Phi) is 8.17. The van der Waals surface area contributed by atoms with Gasteiger partial charge in [0, 0.05) is 30.0 Å². The normalized spacial score (nSPS) is 13.6. The van der Waals surface area contributed by atoms with Crippen LogP contribution >= 0.6 is 0 Å². The summed E-state index contributed by atoms with van der Waals surface area (Å²) < 4.78 is 5.78. The summed E-state index contributed by atoms with van der Waals surface area (Å²) in [5.74, 6) is 0.680. The van der Waals surface area contributed by atoms with E-state index in [1.807, 2.05) is 83.8 Å². The van der Waals surface area contributed by atoms with E-state index in [1.54, 1.807) is 0 Å². The minimum Gasteiger partial charge on any atom is -0.489 e. The van der Waals surface area contributed by atoms with Crippen LogP contribution in [-0.4, -0.2) is 36.3 Å². The van der Waals surface area contributed by atoms with Crippen LogP contribution in [0.25, 0.3) is 0 Å². The molecule has 1 heterocycles. The second kappa shape index (κ2) is 11.9. The zero-order valence-electron chi connectivity index (χ0n) is 19.3. The molecule has 1 aliphatic heterocycles. The zero-order valence-corrected chi connectivity index (χ0v) is 19.3. The third-order valence-corrected chi connectivity index (χ3v) is 5.86. The molecule has 3 aromatic rings. The molecule has 0 radical (unpaired) electrons. The molecule has 0 saturated carbocycles. The topological polar surface area (TPSA) is 70.7 Å². The van der Waals surface area contributed by atoms with Crippen LogP contribution < -0.4 is 15.4 Å². The van der Waals surface area contributed by atoms with Crippen molar-refractivity contribution in [1.29, 1.82) is 0 Å². The fraction of sp³-hybridized carbons (Fsp3) is 0.286. The van der Waals surface area contributed by atoms with Gasteiger partial charge >= 0.3 is 0 Å². The van der Waals surface area contributed by atoms with E-state index < -0.39 is 0 Å². The van der Waals surface area contributed by atoms with Crippen LogP contribution in [0.2, 0.25) is 0 Å². The Morgan fingerprint density at radius 3 is 2.09 bits per heavy atom. The first-order chi connectivity index (χ1) is 16.7. The highest BCUT2D eigenvalue weighted by molar-refractivity contribution is 5.95. The monoisotopic (exact) mass is 457 g/mol. The van der Waals surface area contributed by atoms with Gasteiger partial charge in [0.15, 0.2) is 0 Å². The molecule has 3 aromatic carbocycles. The van der Waals surface area contributed by atoms with Crippen LogP contribution in [0, 0.1) is 0 Å². The first-order valence-electron chi connectivity index (χ1n) is 11.9. The van der Waals surface area contributed by atoms with Gasteiger partial charge in [0.2, 0.25) is 5.91 Å². The molecule has 4 rings (SSSR count). The van der Waals surface area contributed by atoms with E-state index in [9.17, 15) is 9.59 Å². The van der Waals surface area contributed by atoms with Gasteiger partial charge in [0.1, 0.15) is 12.4 Å². The van der Waals surface area contributed by atoms with Gasteiger partial charge in [-0.05, 0) is 66.9 Å². The van der Waals surface area contributed by atoms with Gasteiger partial charge < -0.3 is 20.3 Å². The first-order valence-corrected chi connectivity index (χ1v) is 11.9. The highest BCUT2D eigenvalue weighted by Gasteiger charge is 2.17. The summed E-state index contributed by atoms with van der Waals surface area (Å²) in [6.07, 6.45) is 4.54. The second-order valence-corrected chi connectivity index (χ2v) is 8.48. The van der Waals surface area contributed by atoms with Crippen molar-refractivity contribution in [2.24, 2.45) is 0 Å². The lowest BCUT2D eigenvalue weighted by molar-refractivity contribution is -0.114. The predicted molar refractivity (Wildman–Crippen MR) is 135 cm³/mol. The van der Waals surface area contributed by atoms with Crippen LogP contribution in [0.5, 0.6) is 5.75 Å². The number of hydrogen-bond donors (Lipinski definition) is 2. The largest absolute Gasteiger partial charge is 0.489 e. The lowest BCUT2D eigenvalue weighted by Gasteiger charge is -2.20. The minimum atomic E-state index is -0.150. The number of ether oxygens (including phenoxy) is 1. The number of anilines is 2. The Labute approximate surface area is 200 Å². The molecule has 176 valence electrons. The van der Waals surface area contributed by atoms with E-state index in [-0.39, 0.29) is 18.4 Å². The first kappa shape index (κ1) is 23.4. The molecule has 1 aliphatic rings. The molecule has 2 N–H and O–H groups in total. The molecule has 34 heavy (non-hydrogen) atoms. The molecule has 0 aliphatic carbocycles. The second-order valence-electron chi connectivity index (χ2n) is 8.48. The molecule has 0 unspecified atom stereocenters. The number of carbonyl (C=O) groups is 2. The summed E-state index contributed by atoms with van der Waals surface area (Å²) in [7, 11) is 0. The highest BCUT2D eigenvalue weighted by Crippen LogP contribution is 2.18. The SMILES string of the molecule is O=C(CNc1ccc(C(=O)N2CCCCCC2)cc1)Nc1ccc(OCc2ccccc2)cc1. The van der Waals surface area contributed by atoms with Crippen LogP contribution in [0.1, 0.15) is 41.6 Å². The summed E-state index contributed by atoms with van der Waals surface area (Å²) in [6.45, 7) is 2.29. The molecule has 1 saturated heterocycles. The molecular formula is C28H31N3O3. The fourth-order valence-electron chi connectivity index (χ4n) is 3.95. The van der Waals surface area contributed by atoms with Crippen molar-refractivity contribution in [2.45, 2.75) is 32.3 Å². The number of amides is 2. The summed E-state index contributed by atoms with van der Waals surface area (Å²) >= 11 is 0. The Morgan fingerprint density at radius 2 is 1.41 bits per heavy atom. The average Bonchev–Trinajstić information content (AvgIpc) is 3.17. The quantitative estimate of drug-likeness (QED) is 0.480. The van der Waals surface area contributed by atoms with Crippen molar-refractivity contribution in [3.8, 4) is 5.75 Å². The molecule has 0 atom stereocenters. The minimum absolute atomic E-state index is 0.0855. The van der Waals surface area contributed by atoms with Gasteiger partial charge in [-0.25, -0.2) is 0 Å². The fourth-order valence-corrected chi connectivity index (χ4v) is 3.95. The van der Waals surface area contributed by atoms with E-state index in [0.29, 0.717) is 17.9 Å². The third-order valence-electron chi connectivity index (χ3n) is 5.86. The zero-order chi connectivity index (χ0) is 23.6. The van der Waals surface area contributed by atoms with E-state index in [0.717, 1.165) is 42.9 Å². The number of likely N-dealkylation sites (tertiary alicyclic amines) is 1. The summed E-state index contributed by atoms with van der Waals surface area (Å²) in [4.78, 5) is 27.0. The number of hydrogen-bond acceptors (Lipinski definition) is 4. The Balaban J connectivity index is 1.21. The number of benzene rings is 3. The van der Waals surface area contributed by atoms with Crippen LogP contribution in [-0.2, 0) is 11.4 Å². The molecule has 6 nitrogen and oxygen atoms in total. The molecule has 2 amide bonds. The number of carbonyl (C=O) groups excluding carboxylic acids is 2. The van der Waals surface area contributed by atoms with Gasteiger partial charge in [-0.3, -0.25) is 9.59 Å². The number of nitrogens with one attached hydrogen (secondary N) is 2. The predicted octanol–water partition coefficient (Wildman–Crippen LogP) is 5.33. The Bertz CT molecular complexity index is 1060. The van der Waals surface area contributed by atoms with Gasteiger partial charge in [-0.1, -0.05) is 43.2 Å². The van der Waals surface area contributed by atoms with Crippen molar-refractivity contribution < 1.29 is 14.3 Å². The third kappa shape index (κ3) is 6.85. The summed E-state index contributed by atoms with van der Waals surface area (Å²) in [5, 5.41) is 5.98. The molecule has 1 fully saturated rings. The van der Waals surface area contributed by atoms with E-state index >= 15 is 0 Å². The molecule has 6 heteroatoms. The smallest absolute Gasteiger partial charge is 0.253 e. The molecule has 0 bridgehead atoms. The van der Waals surface area contributed by atoms with Crippen LogP contribution in [0.3, 0.4) is 0 Å². The van der Waals surface area contributed by atoms with Crippen molar-refractivity contribution in [1.82, 2.24) is 4.90 Å². The van der Waals surface area contributed by atoms with E-state index in [2.05, 4.69) is 10.6 Å². The molecule has 0 aromatic heterocycles. The van der Waals surface area contributed by atoms with Gasteiger partial charge in [-0.2, -0.15) is 0 Å². The molecular weight excluding hydrogens is 426 g/mol. The lowest BCUT2D eigenvalue weighted by atomic mass is 10.1. The van der Waals surface area contributed by atoms with Crippen LogP contribution in [0.4, 0.5) is 11.4 Å². The van der Waals surface area contributed by atoms with Crippen molar-refractivity contribution >= 4 is 23.2 Å². The average molecular weight is 458 g/mol. The van der Waals surface area contributed by atoms with E-state index in [1.165, 1.54) is 12.8 Å². The van der Waals surface area contributed by atoms with E-state index in [4.69, 9.17) is 4.74 Å². The lowest BCUT2D eigenvalue weighted by Crippen LogP contribution is -2.31. The standard InChI is InChI=1S/C28H31N3O3/c32-27(30-25-14-16-26(17-15-25)34-21-22-8-4-3-5-9-22)20-29-24-12-10-23(11-13-24)28(33)31-18-6-1-2-7-19-31/h3-5,8-17,29H,1-2,6-7,18-21H2,(H,30,32). The van der Waals surface area contributed by atoms with Gasteiger partial charge in [-0.15, -0.1) is 0 Å².